The predicted molar refractivity (Wildman–Crippen MR) is 59.4 cm³/mol. The molecule has 0 atom stereocenters. The lowest BCUT2D eigenvalue weighted by molar-refractivity contribution is -0.385. The predicted octanol–water partition coefficient (Wildman–Crippen LogP) is 2.21. The summed E-state index contributed by atoms with van der Waals surface area (Å²) < 4.78 is 48.3. The van der Waals surface area contributed by atoms with Crippen molar-refractivity contribution in [3.05, 3.63) is 58.2 Å². The minimum atomic E-state index is -1.34. The molecule has 0 aromatic carbocycles. The van der Waals surface area contributed by atoms with E-state index < -0.39 is 34.1 Å². The second-order valence-electron chi connectivity index (χ2n) is 3.26. The second kappa shape index (κ2) is 6.41. The Morgan fingerprint density at radius 2 is 1.50 bits per heavy atom. The molecule has 2 aromatic heterocycles. The van der Waals surface area contributed by atoms with Gasteiger partial charge in [-0.1, -0.05) is 0 Å². The highest BCUT2D eigenvalue weighted by molar-refractivity contribution is 5.33. The summed E-state index contributed by atoms with van der Waals surface area (Å²) >= 11 is 0. The molecule has 0 amide bonds. The zero-order valence-electron chi connectivity index (χ0n) is 9.56. The number of anilines is 1. The van der Waals surface area contributed by atoms with Crippen LogP contribution >= 0.6 is 0 Å². The highest BCUT2D eigenvalue weighted by Crippen LogP contribution is 2.11. The molecule has 2 rings (SSSR count). The second-order valence-corrected chi connectivity index (χ2v) is 3.26. The Labute approximate surface area is 109 Å². The Morgan fingerprint density at radius 3 is 1.90 bits per heavy atom. The van der Waals surface area contributed by atoms with Crippen molar-refractivity contribution in [2.45, 2.75) is 0 Å². The third kappa shape index (κ3) is 4.15. The number of hydrogen-bond donors (Lipinski definition) is 1. The number of rotatable bonds is 1. The van der Waals surface area contributed by atoms with E-state index in [1.165, 1.54) is 0 Å². The molecule has 0 aliphatic rings. The van der Waals surface area contributed by atoms with E-state index in [1.54, 1.807) is 0 Å². The van der Waals surface area contributed by atoms with Crippen LogP contribution in [0.1, 0.15) is 0 Å². The van der Waals surface area contributed by atoms with Crippen LogP contribution in [0.2, 0.25) is 0 Å². The Hall–Kier alpha value is -2.78. The Morgan fingerprint density at radius 1 is 1.00 bits per heavy atom. The van der Waals surface area contributed by atoms with Gasteiger partial charge in [0.25, 0.3) is 5.69 Å². The molecule has 6 nitrogen and oxygen atoms in total. The minimum absolute atomic E-state index is 0.119. The lowest BCUT2D eigenvalue weighted by atomic mass is 10.4. The molecule has 0 saturated carbocycles. The van der Waals surface area contributed by atoms with Crippen LogP contribution in [0.15, 0.2) is 24.5 Å². The molecule has 0 saturated heterocycles. The van der Waals surface area contributed by atoms with Crippen molar-refractivity contribution in [2.24, 2.45) is 0 Å². The van der Waals surface area contributed by atoms with Crippen molar-refractivity contribution in [1.29, 1.82) is 0 Å². The molecule has 0 fully saturated rings. The fraction of sp³-hybridized carbons (Fsp3) is 0. The van der Waals surface area contributed by atoms with Crippen LogP contribution in [0.25, 0.3) is 0 Å². The molecule has 0 aliphatic carbocycles. The van der Waals surface area contributed by atoms with Gasteiger partial charge in [-0.2, -0.15) is 8.78 Å². The maximum atomic E-state index is 12.2. The lowest BCUT2D eigenvalue weighted by Crippen LogP contribution is -1.93. The molecule has 20 heavy (non-hydrogen) atoms. The number of nitrogens with zero attached hydrogens (tertiary/aromatic N) is 3. The molecule has 0 aliphatic heterocycles. The van der Waals surface area contributed by atoms with E-state index in [2.05, 4.69) is 9.97 Å². The first-order valence-corrected chi connectivity index (χ1v) is 4.83. The number of pyridine rings is 2. The van der Waals surface area contributed by atoms with Crippen molar-refractivity contribution in [1.82, 2.24) is 9.97 Å². The third-order valence-corrected chi connectivity index (χ3v) is 1.81. The fourth-order valence-corrected chi connectivity index (χ4v) is 0.947. The first kappa shape index (κ1) is 15.3. The summed E-state index contributed by atoms with van der Waals surface area (Å²) in [6.45, 7) is 0. The number of hydrogen-bond acceptors (Lipinski definition) is 5. The largest absolute Gasteiger partial charge is 0.397 e. The van der Waals surface area contributed by atoms with Gasteiger partial charge in [-0.3, -0.25) is 10.1 Å². The van der Waals surface area contributed by atoms with Gasteiger partial charge in [-0.15, -0.1) is 0 Å². The quantitative estimate of drug-likeness (QED) is 0.376. The normalized spacial score (nSPS) is 9.60. The van der Waals surface area contributed by atoms with Gasteiger partial charge < -0.3 is 5.73 Å². The van der Waals surface area contributed by atoms with Crippen LogP contribution in [-0.2, 0) is 0 Å². The van der Waals surface area contributed by atoms with Crippen LogP contribution in [0.3, 0.4) is 0 Å². The third-order valence-electron chi connectivity index (χ3n) is 1.81. The zero-order valence-corrected chi connectivity index (χ0v) is 9.56. The van der Waals surface area contributed by atoms with Crippen molar-refractivity contribution >= 4 is 11.4 Å². The highest BCUT2D eigenvalue weighted by atomic mass is 19.2. The van der Waals surface area contributed by atoms with Gasteiger partial charge in [0.1, 0.15) is 6.20 Å². The summed E-state index contributed by atoms with van der Waals surface area (Å²) in [4.78, 5) is 14.9. The van der Waals surface area contributed by atoms with E-state index in [0.717, 1.165) is 12.3 Å². The smallest absolute Gasteiger partial charge is 0.290 e. The summed E-state index contributed by atoms with van der Waals surface area (Å²) in [6, 6.07) is 1.35. The van der Waals surface area contributed by atoms with Crippen LogP contribution in [-0.4, -0.2) is 14.9 Å². The highest BCUT2D eigenvalue weighted by Gasteiger charge is 2.10. The van der Waals surface area contributed by atoms with Gasteiger partial charge in [0.05, 0.1) is 22.9 Å². The number of aromatic nitrogens is 2. The van der Waals surface area contributed by atoms with Crippen LogP contribution < -0.4 is 5.73 Å². The summed E-state index contributed by atoms with van der Waals surface area (Å²) in [6.07, 6.45) is 1.71. The first-order chi connectivity index (χ1) is 9.31. The number of nitro groups is 1. The SMILES string of the molecule is Nc1cnc(F)c(F)c1.O=[N+]([O-])c1cnc(F)c(F)c1. The number of nitrogens with two attached hydrogens (primary N) is 1. The average molecular weight is 290 g/mol. The molecule has 0 spiro atoms. The Kier molecular flexibility index (Phi) is 4.89. The van der Waals surface area contributed by atoms with Gasteiger partial charge >= 0.3 is 0 Å². The fourth-order valence-electron chi connectivity index (χ4n) is 0.947. The van der Waals surface area contributed by atoms with Crippen molar-refractivity contribution in [3.63, 3.8) is 0 Å². The number of halogens is 4. The van der Waals surface area contributed by atoms with Crippen LogP contribution in [0.5, 0.6) is 0 Å². The van der Waals surface area contributed by atoms with Crippen LogP contribution in [0, 0.1) is 33.6 Å². The molecule has 2 aromatic rings. The van der Waals surface area contributed by atoms with Crippen molar-refractivity contribution < 1.29 is 22.5 Å². The Balaban J connectivity index is 0.000000204. The molecule has 2 N–H and O–H groups in total. The Bertz CT molecular complexity index is 639. The molecule has 106 valence electrons. The maximum absolute atomic E-state index is 12.2. The average Bonchev–Trinajstić information content (AvgIpc) is 2.38. The molecule has 0 bridgehead atoms. The molecule has 10 heteroatoms. The van der Waals surface area contributed by atoms with E-state index in [1.807, 2.05) is 0 Å². The van der Waals surface area contributed by atoms with Gasteiger partial charge in [-0.25, -0.2) is 18.7 Å². The van der Waals surface area contributed by atoms with Crippen molar-refractivity contribution in [2.75, 3.05) is 5.73 Å². The maximum Gasteiger partial charge on any atom is 0.290 e. The van der Waals surface area contributed by atoms with E-state index in [-0.39, 0.29) is 5.69 Å². The standard InChI is InChI=1S/C5H2F2N2O2.C5H4F2N2/c6-4-1-3(9(10)11)2-8-5(4)7;6-4-1-3(8)2-9-5(4)7/h1-2H;1-2H,8H2. The zero-order chi connectivity index (χ0) is 15.3. The van der Waals surface area contributed by atoms with Crippen molar-refractivity contribution in [3.8, 4) is 0 Å². The summed E-state index contributed by atoms with van der Waals surface area (Å²) in [5.41, 5.74) is 4.61. The van der Waals surface area contributed by atoms with Gasteiger partial charge in [0.2, 0.25) is 11.9 Å². The summed E-state index contributed by atoms with van der Waals surface area (Å²) in [7, 11) is 0. The van der Waals surface area contributed by atoms with Gasteiger partial charge in [0.15, 0.2) is 11.6 Å². The monoisotopic (exact) mass is 290 g/mol. The van der Waals surface area contributed by atoms with E-state index in [4.69, 9.17) is 5.73 Å². The lowest BCUT2D eigenvalue weighted by Gasteiger charge is -1.90. The van der Waals surface area contributed by atoms with E-state index in [0.29, 0.717) is 12.3 Å². The first-order valence-electron chi connectivity index (χ1n) is 4.83. The summed E-state index contributed by atoms with van der Waals surface area (Å²) in [5.74, 6) is -4.80. The molecule has 0 unspecified atom stereocenters. The topological polar surface area (TPSA) is 94.9 Å². The summed E-state index contributed by atoms with van der Waals surface area (Å²) in [5, 5.41) is 9.94. The van der Waals surface area contributed by atoms with Crippen LogP contribution in [0.4, 0.5) is 28.9 Å². The molecular formula is C10H6F4N4O2. The molecule has 2 heterocycles. The van der Waals surface area contributed by atoms with E-state index in [9.17, 15) is 27.7 Å². The molecule has 0 radical (unpaired) electrons. The van der Waals surface area contributed by atoms with Gasteiger partial charge in [0, 0.05) is 6.07 Å². The minimum Gasteiger partial charge on any atom is -0.397 e. The number of nitrogen functional groups attached to an aromatic ring is 1. The van der Waals surface area contributed by atoms with E-state index >= 15 is 0 Å². The van der Waals surface area contributed by atoms with Gasteiger partial charge in [-0.05, 0) is 0 Å². The molecular weight excluding hydrogens is 284 g/mol.